The highest BCUT2D eigenvalue weighted by molar-refractivity contribution is 5.66. The largest absolute Gasteiger partial charge is 0.462 e. The molecule has 0 spiro atoms. The molecule has 0 aromatic carbocycles. The third kappa shape index (κ3) is 4.31. The summed E-state index contributed by atoms with van der Waals surface area (Å²) in [5.74, 6) is 1.00. The Labute approximate surface area is 242 Å². The van der Waals surface area contributed by atoms with E-state index in [1.54, 1.807) is 6.92 Å². The summed E-state index contributed by atoms with van der Waals surface area (Å²) in [5, 5.41) is 10.8. The molecule has 5 rings (SSSR count). The smallest absolute Gasteiger partial charge is 0.302 e. The SMILES string of the molecule is CC(=O)O[C@@H]1C[C@@H]2[C@@]3(C)CC[C@@H](OC(C)=O)C(C)(C)[C@@H]3CC[C@@]2(C)[C@]2(C)CC[C@H]([C@@]3(C)CC[C@@H](C(C)(C)O)O3)[C@@H]12. The van der Waals surface area contributed by atoms with Crippen LogP contribution in [0.1, 0.15) is 127 Å². The Bertz CT molecular complexity index is 1030. The predicted molar refractivity (Wildman–Crippen MR) is 154 cm³/mol. The molecule has 0 unspecified atom stereocenters. The van der Waals surface area contributed by atoms with Gasteiger partial charge in [-0.05, 0) is 113 Å². The second-order valence-electron chi connectivity index (χ2n) is 16.6. The minimum Gasteiger partial charge on any atom is -0.462 e. The third-order valence-electron chi connectivity index (χ3n) is 13.8. The highest BCUT2D eigenvalue weighted by Gasteiger charge is 2.72. The van der Waals surface area contributed by atoms with Gasteiger partial charge in [-0.3, -0.25) is 9.59 Å². The third-order valence-corrected chi connectivity index (χ3v) is 13.8. The van der Waals surface area contributed by atoms with Crippen molar-refractivity contribution in [2.45, 2.75) is 157 Å². The maximum absolute atomic E-state index is 12.6. The lowest BCUT2D eigenvalue weighted by Crippen LogP contribution is -2.67. The van der Waals surface area contributed by atoms with Crippen LogP contribution in [0.15, 0.2) is 0 Å². The number of hydrogen-bond acceptors (Lipinski definition) is 6. The molecule has 1 saturated heterocycles. The first-order chi connectivity index (χ1) is 18.3. The summed E-state index contributed by atoms with van der Waals surface area (Å²) in [6.45, 7) is 21.2. The molecule has 0 radical (unpaired) electrons. The van der Waals surface area contributed by atoms with E-state index in [9.17, 15) is 14.7 Å². The first-order valence-corrected chi connectivity index (χ1v) is 16.0. The fourth-order valence-corrected chi connectivity index (χ4v) is 11.8. The van der Waals surface area contributed by atoms with E-state index in [0.29, 0.717) is 11.8 Å². The highest BCUT2D eigenvalue weighted by atomic mass is 16.6. The topological polar surface area (TPSA) is 82.1 Å². The monoisotopic (exact) mass is 560 g/mol. The minimum atomic E-state index is -0.872. The van der Waals surface area contributed by atoms with Crippen LogP contribution in [0.25, 0.3) is 0 Å². The van der Waals surface area contributed by atoms with Crippen LogP contribution >= 0.6 is 0 Å². The highest BCUT2D eigenvalue weighted by Crippen LogP contribution is 2.76. The Morgan fingerprint density at radius 2 is 1.43 bits per heavy atom. The minimum absolute atomic E-state index is 0.0186. The Morgan fingerprint density at radius 3 is 2.00 bits per heavy atom. The number of carbonyl (C=O) groups excluding carboxylic acids is 2. The molecule has 1 aliphatic heterocycles. The van der Waals surface area contributed by atoms with Gasteiger partial charge in [-0.2, -0.15) is 0 Å². The van der Waals surface area contributed by atoms with Gasteiger partial charge in [0.25, 0.3) is 0 Å². The molecule has 0 amide bonds. The molecule has 0 aromatic heterocycles. The molecule has 11 atom stereocenters. The molecule has 6 heteroatoms. The summed E-state index contributed by atoms with van der Waals surface area (Å²) >= 11 is 0. The molecule has 5 aliphatic rings. The van der Waals surface area contributed by atoms with Crippen LogP contribution in [-0.4, -0.2) is 46.6 Å². The zero-order valence-corrected chi connectivity index (χ0v) is 26.9. The van der Waals surface area contributed by atoms with Crippen molar-refractivity contribution in [3.63, 3.8) is 0 Å². The van der Waals surface area contributed by atoms with Gasteiger partial charge < -0.3 is 19.3 Å². The summed E-state index contributed by atoms with van der Waals surface area (Å²) in [4.78, 5) is 24.6. The predicted octanol–water partition coefficient (Wildman–Crippen LogP) is 6.85. The lowest BCUT2D eigenvalue weighted by atomic mass is 9.35. The second kappa shape index (κ2) is 9.43. The zero-order chi connectivity index (χ0) is 29.7. The van der Waals surface area contributed by atoms with Crippen molar-refractivity contribution in [1.29, 1.82) is 0 Å². The Morgan fingerprint density at radius 1 is 0.800 bits per heavy atom. The van der Waals surface area contributed by atoms with Crippen molar-refractivity contribution < 1.29 is 28.9 Å². The molecule has 4 aliphatic carbocycles. The van der Waals surface area contributed by atoms with Crippen molar-refractivity contribution >= 4 is 11.9 Å². The van der Waals surface area contributed by atoms with Gasteiger partial charge in [0, 0.05) is 25.2 Å². The van der Waals surface area contributed by atoms with E-state index in [1.165, 1.54) is 6.92 Å². The van der Waals surface area contributed by atoms with Crippen LogP contribution in [0.3, 0.4) is 0 Å². The number of fused-ring (bicyclic) bond motifs is 5. The van der Waals surface area contributed by atoms with Crippen molar-refractivity contribution in [2.75, 3.05) is 0 Å². The lowest BCUT2D eigenvalue weighted by molar-refractivity contribution is -0.254. The van der Waals surface area contributed by atoms with Gasteiger partial charge >= 0.3 is 11.9 Å². The summed E-state index contributed by atoms with van der Waals surface area (Å²) < 4.78 is 19.0. The molecule has 228 valence electrons. The van der Waals surface area contributed by atoms with Gasteiger partial charge in [-0.25, -0.2) is 0 Å². The first-order valence-electron chi connectivity index (χ1n) is 16.0. The standard InChI is InChI=1S/C34H56O6/c1-20(35)38-23-19-25-31(7)15-13-26(39-21(2)36)29(3,4)24(31)12-17-32(25,8)33(9)16-11-22(28(23)33)34(10)18-14-27(40-34)30(5,6)37/h22-28,37H,11-19H2,1-10H3/t22-,23+,24-,25+,26+,27-,28-,31-,32+,33+,34+/m0/s1. The Balaban J connectivity index is 1.52. The molecule has 40 heavy (non-hydrogen) atoms. The van der Waals surface area contributed by atoms with Gasteiger partial charge in [0.1, 0.15) is 12.2 Å². The van der Waals surface area contributed by atoms with E-state index < -0.39 is 5.60 Å². The number of esters is 2. The van der Waals surface area contributed by atoms with Crippen molar-refractivity contribution in [2.24, 2.45) is 45.3 Å². The Hall–Kier alpha value is -1.14. The molecule has 1 N–H and O–H groups in total. The summed E-state index contributed by atoms with van der Waals surface area (Å²) in [6.07, 6.45) is 8.68. The fourth-order valence-electron chi connectivity index (χ4n) is 11.8. The molecule has 0 aromatic rings. The molecule has 4 saturated carbocycles. The van der Waals surface area contributed by atoms with Crippen LogP contribution < -0.4 is 0 Å². The Kier molecular flexibility index (Phi) is 7.15. The summed E-state index contributed by atoms with van der Waals surface area (Å²) in [5.41, 5.74) is -1.10. The second-order valence-corrected chi connectivity index (χ2v) is 16.6. The van der Waals surface area contributed by atoms with Crippen LogP contribution in [0, 0.1) is 45.3 Å². The molecular weight excluding hydrogens is 504 g/mol. The average Bonchev–Trinajstić information content (AvgIpc) is 3.39. The van der Waals surface area contributed by atoms with Gasteiger partial charge in [0.05, 0.1) is 17.3 Å². The van der Waals surface area contributed by atoms with E-state index in [4.69, 9.17) is 14.2 Å². The zero-order valence-electron chi connectivity index (χ0n) is 26.9. The fraction of sp³-hybridized carbons (Fsp3) is 0.941. The van der Waals surface area contributed by atoms with E-state index in [0.717, 1.165) is 57.8 Å². The maximum atomic E-state index is 12.6. The van der Waals surface area contributed by atoms with Gasteiger partial charge in [0.15, 0.2) is 0 Å². The van der Waals surface area contributed by atoms with Crippen LogP contribution in [0.5, 0.6) is 0 Å². The number of ether oxygens (including phenoxy) is 3. The quantitative estimate of drug-likeness (QED) is 0.379. The molecular formula is C34H56O6. The van der Waals surface area contributed by atoms with E-state index >= 15 is 0 Å². The maximum Gasteiger partial charge on any atom is 0.302 e. The molecule has 5 fully saturated rings. The lowest BCUT2D eigenvalue weighted by Gasteiger charge is -2.70. The molecule has 0 bridgehead atoms. The van der Waals surface area contributed by atoms with Crippen molar-refractivity contribution in [3.8, 4) is 0 Å². The van der Waals surface area contributed by atoms with E-state index in [1.807, 2.05) is 13.8 Å². The number of rotatable bonds is 4. The van der Waals surface area contributed by atoms with Crippen LogP contribution in [0.4, 0.5) is 0 Å². The number of carbonyl (C=O) groups is 2. The average molecular weight is 561 g/mol. The van der Waals surface area contributed by atoms with Gasteiger partial charge in [-0.1, -0.05) is 34.6 Å². The number of aliphatic hydroxyl groups is 1. The van der Waals surface area contributed by atoms with Crippen LogP contribution in [-0.2, 0) is 23.8 Å². The van der Waals surface area contributed by atoms with Crippen molar-refractivity contribution in [3.05, 3.63) is 0 Å². The normalized spacial score (nSPS) is 49.9. The van der Waals surface area contributed by atoms with Gasteiger partial charge in [0.2, 0.25) is 0 Å². The van der Waals surface area contributed by atoms with Crippen LogP contribution in [0.2, 0.25) is 0 Å². The summed E-state index contributed by atoms with van der Waals surface area (Å²) in [6, 6.07) is 0. The van der Waals surface area contributed by atoms with Crippen molar-refractivity contribution in [1.82, 2.24) is 0 Å². The van der Waals surface area contributed by atoms with E-state index in [-0.39, 0.29) is 69.3 Å². The molecule has 1 heterocycles. The van der Waals surface area contributed by atoms with E-state index in [2.05, 4.69) is 41.5 Å². The number of hydrogen-bond donors (Lipinski definition) is 1. The first kappa shape index (κ1) is 30.3. The summed E-state index contributed by atoms with van der Waals surface area (Å²) in [7, 11) is 0. The molecule has 6 nitrogen and oxygen atoms in total. The van der Waals surface area contributed by atoms with Gasteiger partial charge in [-0.15, -0.1) is 0 Å².